The zero-order valence-electron chi connectivity index (χ0n) is 29.5. The minimum atomic E-state index is -4.75. The number of ether oxygens (including phenoxy) is 2. The molecule has 0 heterocycles. The van der Waals surface area contributed by atoms with Crippen LogP contribution in [0.15, 0.2) is 24.3 Å². The van der Waals surface area contributed by atoms with E-state index in [0.29, 0.717) is 6.42 Å². The van der Waals surface area contributed by atoms with Gasteiger partial charge >= 0.3 is 19.8 Å². The van der Waals surface area contributed by atoms with Crippen molar-refractivity contribution in [3.8, 4) is 0 Å². The van der Waals surface area contributed by atoms with Crippen LogP contribution in [0.5, 0.6) is 0 Å². The molecule has 0 aliphatic heterocycles. The van der Waals surface area contributed by atoms with E-state index in [9.17, 15) is 14.2 Å². The number of hydrogen-bond donors (Lipinski definition) is 2. The van der Waals surface area contributed by atoms with Gasteiger partial charge in [0.1, 0.15) is 6.61 Å². The molecule has 0 aliphatic carbocycles. The van der Waals surface area contributed by atoms with Gasteiger partial charge in [-0.3, -0.25) is 14.1 Å². The molecule has 1 atom stereocenters. The second-order valence-corrected chi connectivity index (χ2v) is 13.8. The van der Waals surface area contributed by atoms with E-state index >= 15 is 0 Å². The first-order valence-electron chi connectivity index (χ1n) is 18.6. The lowest BCUT2D eigenvalue weighted by molar-refractivity contribution is -0.161. The largest absolute Gasteiger partial charge is 0.469 e. The van der Waals surface area contributed by atoms with Crippen molar-refractivity contribution in [2.45, 2.75) is 187 Å². The molecule has 0 saturated carbocycles. The molecule has 2 N–H and O–H groups in total. The summed E-state index contributed by atoms with van der Waals surface area (Å²) < 4.78 is 26.3. The summed E-state index contributed by atoms with van der Waals surface area (Å²) in [6.07, 6.45) is 36.1. The Morgan fingerprint density at radius 2 is 1.00 bits per heavy atom. The molecular formula is C37H69O8P. The standard InChI is InChI=1S/C37H69O8P/c1-3-5-7-9-11-13-15-17-19-21-23-25-27-29-31-36(38)43-33-35(34-44-46(40,41)42)45-37(39)32-30-28-26-24-22-20-18-16-14-12-10-8-6-4-2/h10,12,16,18,35H,3-9,11,13-15,17,19-34H2,1-2H3,(H2,40,41,42)/b12-10+,18-16+/t35-/m1/s1. The molecule has 0 bridgehead atoms. The lowest BCUT2D eigenvalue weighted by Crippen LogP contribution is -2.29. The van der Waals surface area contributed by atoms with Gasteiger partial charge in [0.25, 0.3) is 0 Å². The maximum absolute atomic E-state index is 12.3. The second kappa shape index (κ2) is 33.4. The Labute approximate surface area is 281 Å². The molecule has 0 saturated heterocycles. The van der Waals surface area contributed by atoms with Crippen LogP contribution in [0, 0.1) is 0 Å². The molecule has 0 aromatic rings. The van der Waals surface area contributed by atoms with Crippen molar-refractivity contribution in [2.24, 2.45) is 0 Å². The van der Waals surface area contributed by atoms with Gasteiger partial charge in [-0.1, -0.05) is 154 Å². The average Bonchev–Trinajstić information content (AvgIpc) is 3.02. The van der Waals surface area contributed by atoms with E-state index < -0.39 is 32.5 Å². The van der Waals surface area contributed by atoms with Crippen LogP contribution in [0.2, 0.25) is 0 Å². The van der Waals surface area contributed by atoms with Gasteiger partial charge in [-0.05, 0) is 38.5 Å². The Bertz CT molecular complexity index is 807. The monoisotopic (exact) mass is 672 g/mol. The summed E-state index contributed by atoms with van der Waals surface area (Å²) in [6, 6.07) is 0. The third kappa shape index (κ3) is 35.4. The van der Waals surface area contributed by atoms with Crippen LogP contribution in [0.25, 0.3) is 0 Å². The summed E-state index contributed by atoms with van der Waals surface area (Å²) >= 11 is 0. The molecule has 0 aliphatic rings. The van der Waals surface area contributed by atoms with Crippen LogP contribution in [-0.4, -0.2) is 41.0 Å². The van der Waals surface area contributed by atoms with Crippen molar-refractivity contribution in [3.63, 3.8) is 0 Å². The van der Waals surface area contributed by atoms with Gasteiger partial charge in [0, 0.05) is 12.8 Å². The summed E-state index contributed by atoms with van der Waals surface area (Å²) in [4.78, 5) is 42.6. The zero-order valence-corrected chi connectivity index (χ0v) is 30.4. The molecule has 270 valence electrons. The van der Waals surface area contributed by atoms with E-state index in [1.165, 1.54) is 83.5 Å². The number of phosphoric ester groups is 1. The molecule has 9 heteroatoms. The van der Waals surface area contributed by atoms with E-state index in [0.717, 1.165) is 64.2 Å². The molecule has 0 unspecified atom stereocenters. The number of esters is 2. The molecule has 0 amide bonds. The summed E-state index contributed by atoms with van der Waals surface area (Å²) in [5.74, 6) is -0.897. The fourth-order valence-electron chi connectivity index (χ4n) is 5.15. The number of unbranched alkanes of at least 4 members (excludes halogenated alkanes) is 20. The van der Waals surface area contributed by atoms with E-state index in [1.54, 1.807) is 0 Å². The van der Waals surface area contributed by atoms with Crippen LogP contribution in [0.4, 0.5) is 0 Å². The first-order chi connectivity index (χ1) is 22.3. The second-order valence-electron chi connectivity index (χ2n) is 12.6. The fourth-order valence-corrected chi connectivity index (χ4v) is 5.51. The fraction of sp³-hybridized carbons (Fsp3) is 0.838. The lowest BCUT2D eigenvalue weighted by Gasteiger charge is -2.18. The van der Waals surface area contributed by atoms with Crippen LogP contribution in [0.1, 0.15) is 181 Å². The van der Waals surface area contributed by atoms with Gasteiger partial charge in [-0.15, -0.1) is 0 Å². The zero-order chi connectivity index (χ0) is 34.0. The molecule has 46 heavy (non-hydrogen) atoms. The molecular weight excluding hydrogens is 603 g/mol. The number of carbonyl (C=O) groups excluding carboxylic acids is 2. The van der Waals surface area contributed by atoms with E-state index in [1.807, 2.05) is 0 Å². The van der Waals surface area contributed by atoms with Crippen molar-refractivity contribution in [2.75, 3.05) is 13.2 Å². The lowest BCUT2D eigenvalue weighted by atomic mass is 10.0. The predicted molar refractivity (Wildman–Crippen MR) is 189 cm³/mol. The van der Waals surface area contributed by atoms with Gasteiger partial charge in [0.15, 0.2) is 6.10 Å². The molecule has 0 fully saturated rings. The number of phosphoric acid groups is 1. The van der Waals surface area contributed by atoms with Crippen molar-refractivity contribution < 1.29 is 37.9 Å². The average molecular weight is 673 g/mol. The molecule has 0 radical (unpaired) electrons. The topological polar surface area (TPSA) is 119 Å². The smallest absolute Gasteiger partial charge is 0.462 e. The minimum absolute atomic E-state index is 0.198. The van der Waals surface area contributed by atoms with Crippen molar-refractivity contribution in [3.05, 3.63) is 24.3 Å². The highest BCUT2D eigenvalue weighted by atomic mass is 31.2. The maximum atomic E-state index is 12.3. The summed E-state index contributed by atoms with van der Waals surface area (Å²) in [7, 11) is -4.75. The Morgan fingerprint density at radius 1 is 0.565 bits per heavy atom. The summed E-state index contributed by atoms with van der Waals surface area (Å²) in [5.41, 5.74) is 0. The van der Waals surface area contributed by atoms with E-state index in [2.05, 4.69) is 42.7 Å². The highest BCUT2D eigenvalue weighted by Crippen LogP contribution is 2.36. The Hall–Kier alpha value is -1.47. The van der Waals surface area contributed by atoms with E-state index in [-0.39, 0.29) is 19.4 Å². The number of rotatable bonds is 34. The number of carbonyl (C=O) groups is 2. The summed E-state index contributed by atoms with van der Waals surface area (Å²) in [5, 5.41) is 0. The molecule has 0 spiro atoms. The third-order valence-electron chi connectivity index (χ3n) is 7.97. The SMILES string of the molecule is CCCC/C=C/C/C=C/CCCCCCCC(=O)O[C@H](COC(=O)CCCCCCCCCCCCCCCC)COP(=O)(O)O. The Morgan fingerprint density at radius 3 is 1.50 bits per heavy atom. The first kappa shape index (κ1) is 44.5. The Balaban J connectivity index is 3.98. The van der Waals surface area contributed by atoms with Crippen LogP contribution in [0.3, 0.4) is 0 Å². The van der Waals surface area contributed by atoms with E-state index in [4.69, 9.17) is 19.3 Å². The molecule has 0 rings (SSSR count). The minimum Gasteiger partial charge on any atom is -0.462 e. The highest BCUT2D eigenvalue weighted by molar-refractivity contribution is 7.46. The molecule has 8 nitrogen and oxygen atoms in total. The molecule has 0 aromatic heterocycles. The Kier molecular flexibility index (Phi) is 32.4. The quantitative estimate of drug-likeness (QED) is 0.0300. The van der Waals surface area contributed by atoms with Crippen LogP contribution >= 0.6 is 7.82 Å². The van der Waals surface area contributed by atoms with Crippen molar-refractivity contribution in [1.82, 2.24) is 0 Å². The first-order valence-corrected chi connectivity index (χ1v) is 20.2. The van der Waals surface area contributed by atoms with Crippen molar-refractivity contribution >= 4 is 19.8 Å². The predicted octanol–water partition coefficient (Wildman–Crippen LogP) is 10.8. The van der Waals surface area contributed by atoms with Gasteiger partial charge in [-0.25, -0.2) is 4.57 Å². The molecule has 0 aromatic carbocycles. The van der Waals surface area contributed by atoms with Gasteiger partial charge < -0.3 is 19.3 Å². The third-order valence-corrected chi connectivity index (χ3v) is 8.46. The van der Waals surface area contributed by atoms with Gasteiger partial charge in [-0.2, -0.15) is 0 Å². The van der Waals surface area contributed by atoms with Gasteiger partial charge in [0.2, 0.25) is 0 Å². The van der Waals surface area contributed by atoms with Crippen LogP contribution < -0.4 is 0 Å². The van der Waals surface area contributed by atoms with Gasteiger partial charge in [0.05, 0.1) is 6.61 Å². The van der Waals surface area contributed by atoms with Crippen LogP contribution in [-0.2, 0) is 28.2 Å². The highest BCUT2D eigenvalue weighted by Gasteiger charge is 2.22. The summed E-state index contributed by atoms with van der Waals surface area (Å²) in [6.45, 7) is 3.63. The number of allylic oxidation sites excluding steroid dienone is 4. The van der Waals surface area contributed by atoms with Crippen molar-refractivity contribution in [1.29, 1.82) is 0 Å². The number of hydrogen-bond acceptors (Lipinski definition) is 6. The maximum Gasteiger partial charge on any atom is 0.469 e. The normalized spacial score (nSPS) is 12.7.